The van der Waals surface area contributed by atoms with Crippen molar-refractivity contribution < 1.29 is 17.9 Å². The number of aromatic nitrogens is 1. The van der Waals surface area contributed by atoms with Crippen molar-refractivity contribution in [2.45, 2.75) is 19.2 Å². The molecule has 1 heterocycles. The Bertz CT molecular complexity index is 366. The van der Waals surface area contributed by atoms with Crippen molar-refractivity contribution in [2.24, 2.45) is 0 Å². The number of pyridine rings is 1. The molecular weight excluding hydrogens is 209 g/mol. The van der Waals surface area contributed by atoms with Crippen molar-refractivity contribution in [3.8, 4) is 11.8 Å². The number of nitriles is 1. The van der Waals surface area contributed by atoms with E-state index in [9.17, 15) is 13.2 Å². The molecule has 1 unspecified atom stereocenters. The zero-order valence-corrected chi connectivity index (χ0v) is 7.75. The summed E-state index contributed by atoms with van der Waals surface area (Å²) in [6.07, 6.45) is -5.22. The molecule has 0 saturated heterocycles. The summed E-state index contributed by atoms with van der Waals surface area (Å²) in [7, 11) is 0. The molecule has 0 N–H and O–H groups in total. The summed E-state index contributed by atoms with van der Waals surface area (Å²) < 4.78 is 40.8. The summed E-state index contributed by atoms with van der Waals surface area (Å²) in [4.78, 5) is 3.58. The summed E-state index contributed by atoms with van der Waals surface area (Å²) in [6, 6.07) is 4.31. The summed E-state index contributed by atoms with van der Waals surface area (Å²) in [5, 5.41) is 8.41. The molecule has 0 amide bonds. The van der Waals surface area contributed by atoms with Gasteiger partial charge in [0.2, 0.25) is 0 Å². The third kappa shape index (κ3) is 3.13. The van der Waals surface area contributed by atoms with Crippen molar-refractivity contribution in [1.29, 1.82) is 5.26 Å². The molecule has 0 bridgehead atoms. The molecule has 0 aromatic carbocycles. The number of hydrogen-bond donors (Lipinski definition) is 0. The van der Waals surface area contributed by atoms with E-state index in [0.29, 0.717) is 0 Å². The highest BCUT2D eigenvalue weighted by Gasteiger charge is 2.38. The van der Waals surface area contributed by atoms with Gasteiger partial charge in [-0.15, -0.1) is 0 Å². The highest BCUT2D eigenvalue weighted by atomic mass is 19.4. The van der Waals surface area contributed by atoms with Crippen LogP contribution in [0, 0.1) is 11.3 Å². The number of rotatable bonds is 2. The van der Waals surface area contributed by atoms with Gasteiger partial charge in [-0.1, -0.05) is 0 Å². The third-order valence-corrected chi connectivity index (χ3v) is 1.62. The summed E-state index contributed by atoms with van der Waals surface area (Å²) in [6.45, 7) is 0.901. The van der Waals surface area contributed by atoms with Gasteiger partial charge < -0.3 is 4.74 Å². The highest BCUT2D eigenvalue weighted by molar-refractivity contribution is 5.26. The van der Waals surface area contributed by atoms with Crippen LogP contribution in [0.25, 0.3) is 0 Å². The zero-order valence-electron chi connectivity index (χ0n) is 7.75. The molecule has 3 nitrogen and oxygen atoms in total. The van der Waals surface area contributed by atoms with E-state index in [1.807, 2.05) is 0 Å². The van der Waals surface area contributed by atoms with Crippen LogP contribution < -0.4 is 4.74 Å². The first-order valence-corrected chi connectivity index (χ1v) is 4.03. The maximum Gasteiger partial charge on any atom is 0.425 e. The molecule has 1 aromatic heterocycles. The fourth-order valence-corrected chi connectivity index (χ4v) is 0.787. The Morgan fingerprint density at radius 2 is 2.13 bits per heavy atom. The topological polar surface area (TPSA) is 45.9 Å². The van der Waals surface area contributed by atoms with Gasteiger partial charge in [0, 0.05) is 0 Å². The monoisotopic (exact) mass is 216 g/mol. The average Bonchev–Trinajstić information content (AvgIpc) is 2.17. The lowest BCUT2D eigenvalue weighted by Crippen LogP contribution is -2.31. The number of hydrogen-bond acceptors (Lipinski definition) is 3. The summed E-state index contributed by atoms with van der Waals surface area (Å²) in [5.74, 6) is -0.0150. The SMILES string of the molecule is CC(Oc1ccc(C#N)nc1)C(F)(F)F. The van der Waals surface area contributed by atoms with E-state index in [4.69, 9.17) is 5.26 Å². The van der Waals surface area contributed by atoms with Crippen LogP contribution in [0.4, 0.5) is 13.2 Å². The van der Waals surface area contributed by atoms with Crippen LogP contribution in [0.3, 0.4) is 0 Å². The molecule has 1 atom stereocenters. The molecule has 15 heavy (non-hydrogen) atoms. The van der Waals surface area contributed by atoms with Crippen LogP contribution >= 0.6 is 0 Å². The minimum absolute atomic E-state index is 0.0150. The smallest absolute Gasteiger partial charge is 0.425 e. The van der Waals surface area contributed by atoms with E-state index in [1.54, 1.807) is 6.07 Å². The van der Waals surface area contributed by atoms with Gasteiger partial charge in [-0.25, -0.2) is 4.98 Å². The van der Waals surface area contributed by atoms with E-state index in [-0.39, 0.29) is 11.4 Å². The number of ether oxygens (including phenoxy) is 1. The Balaban J connectivity index is 2.70. The van der Waals surface area contributed by atoms with Crippen molar-refractivity contribution in [3.63, 3.8) is 0 Å². The molecule has 0 spiro atoms. The van der Waals surface area contributed by atoms with Crippen LogP contribution in [0.5, 0.6) is 5.75 Å². The van der Waals surface area contributed by atoms with Gasteiger partial charge in [0.05, 0.1) is 6.20 Å². The fraction of sp³-hybridized carbons (Fsp3) is 0.333. The largest absolute Gasteiger partial charge is 0.480 e. The fourth-order valence-electron chi connectivity index (χ4n) is 0.787. The second kappa shape index (κ2) is 4.17. The van der Waals surface area contributed by atoms with Gasteiger partial charge in [0.25, 0.3) is 0 Å². The van der Waals surface area contributed by atoms with Crippen molar-refractivity contribution in [3.05, 3.63) is 24.0 Å². The molecule has 6 heteroatoms. The Kier molecular flexibility index (Phi) is 3.14. The highest BCUT2D eigenvalue weighted by Crippen LogP contribution is 2.24. The Morgan fingerprint density at radius 1 is 1.47 bits per heavy atom. The average molecular weight is 216 g/mol. The van der Waals surface area contributed by atoms with Gasteiger partial charge >= 0.3 is 6.18 Å². The van der Waals surface area contributed by atoms with Crippen LogP contribution in [-0.2, 0) is 0 Å². The first-order chi connectivity index (χ1) is 6.93. The van der Waals surface area contributed by atoms with E-state index in [1.165, 1.54) is 12.1 Å². The molecule has 0 radical (unpaired) electrons. The lowest BCUT2D eigenvalue weighted by Gasteiger charge is -2.17. The number of halogens is 3. The van der Waals surface area contributed by atoms with Gasteiger partial charge in [-0.3, -0.25) is 0 Å². The second-order valence-corrected chi connectivity index (χ2v) is 2.79. The predicted molar refractivity (Wildman–Crippen MR) is 45.1 cm³/mol. The van der Waals surface area contributed by atoms with E-state index in [0.717, 1.165) is 13.1 Å². The third-order valence-electron chi connectivity index (χ3n) is 1.62. The molecule has 0 aliphatic heterocycles. The van der Waals surface area contributed by atoms with Gasteiger partial charge in [-0.2, -0.15) is 18.4 Å². The number of nitrogens with zero attached hydrogens (tertiary/aromatic N) is 2. The lowest BCUT2D eigenvalue weighted by molar-refractivity contribution is -0.189. The first-order valence-electron chi connectivity index (χ1n) is 4.03. The Morgan fingerprint density at radius 3 is 2.53 bits per heavy atom. The summed E-state index contributed by atoms with van der Waals surface area (Å²) in [5.41, 5.74) is 0.127. The lowest BCUT2D eigenvalue weighted by atomic mass is 10.3. The number of alkyl halides is 3. The standard InChI is InChI=1S/C9H7F3N2O/c1-6(9(10,11)12)15-8-3-2-7(4-13)14-5-8/h2-3,5-6H,1H3. The minimum Gasteiger partial charge on any atom is -0.480 e. The summed E-state index contributed by atoms with van der Waals surface area (Å²) >= 11 is 0. The molecule has 0 aliphatic carbocycles. The molecule has 0 fully saturated rings. The van der Waals surface area contributed by atoms with Crippen LogP contribution in [0.1, 0.15) is 12.6 Å². The van der Waals surface area contributed by atoms with Crippen LogP contribution in [0.15, 0.2) is 18.3 Å². The van der Waals surface area contributed by atoms with Crippen molar-refractivity contribution in [2.75, 3.05) is 0 Å². The molecule has 80 valence electrons. The molecular formula is C9H7F3N2O. The molecule has 0 aliphatic rings. The normalized spacial score (nSPS) is 13.0. The Labute approximate surface area is 84.1 Å². The van der Waals surface area contributed by atoms with E-state index in [2.05, 4.69) is 9.72 Å². The Hall–Kier alpha value is -1.77. The van der Waals surface area contributed by atoms with Gasteiger partial charge in [0.1, 0.15) is 17.5 Å². The van der Waals surface area contributed by atoms with Crippen molar-refractivity contribution >= 4 is 0 Å². The van der Waals surface area contributed by atoms with Crippen molar-refractivity contribution in [1.82, 2.24) is 4.98 Å². The molecule has 0 saturated carbocycles. The predicted octanol–water partition coefficient (Wildman–Crippen LogP) is 2.28. The van der Waals surface area contributed by atoms with Gasteiger partial charge in [0.15, 0.2) is 6.10 Å². The maximum absolute atomic E-state index is 12.1. The first kappa shape index (κ1) is 11.3. The maximum atomic E-state index is 12.1. The van der Waals surface area contributed by atoms with E-state index >= 15 is 0 Å². The molecule has 1 rings (SSSR count). The second-order valence-electron chi connectivity index (χ2n) is 2.79. The molecule has 1 aromatic rings. The zero-order chi connectivity index (χ0) is 11.5. The van der Waals surface area contributed by atoms with Crippen LogP contribution in [0.2, 0.25) is 0 Å². The van der Waals surface area contributed by atoms with Crippen LogP contribution in [-0.4, -0.2) is 17.3 Å². The minimum atomic E-state index is -4.41. The quantitative estimate of drug-likeness (QED) is 0.761. The van der Waals surface area contributed by atoms with E-state index < -0.39 is 12.3 Å². The van der Waals surface area contributed by atoms with Gasteiger partial charge in [-0.05, 0) is 19.1 Å².